The Bertz CT molecular complexity index is 955. The van der Waals surface area contributed by atoms with Crippen LogP contribution in [0.15, 0.2) is 53.5 Å². The normalized spacial score (nSPS) is 12.5. The Balaban J connectivity index is 0.000000726. The molecule has 0 saturated heterocycles. The smallest absolute Gasteiger partial charge is 0.261 e. The molecule has 1 aliphatic rings. The minimum Gasteiger partial charge on any atom is -0.342 e. The zero-order valence-electron chi connectivity index (χ0n) is 14.0. The van der Waals surface area contributed by atoms with Crippen LogP contribution in [0.4, 0.5) is 0 Å². The van der Waals surface area contributed by atoms with Gasteiger partial charge in [0.2, 0.25) is 0 Å². The van der Waals surface area contributed by atoms with Crippen molar-refractivity contribution in [2.24, 2.45) is 0 Å². The van der Waals surface area contributed by atoms with Crippen LogP contribution in [0.3, 0.4) is 0 Å². The summed E-state index contributed by atoms with van der Waals surface area (Å²) in [6, 6.07) is 11.6. The minimum atomic E-state index is -0.313. The van der Waals surface area contributed by atoms with Gasteiger partial charge >= 0.3 is 0 Å². The average Bonchev–Trinajstić information content (AvgIpc) is 3.13. The van der Waals surface area contributed by atoms with Gasteiger partial charge in [0, 0.05) is 53.6 Å². The second kappa shape index (κ2) is 8.06. The number of amides is 2. The Hall–Kier alpha value is -1.79. The number of carbonyl (C=O) groups excluding carboxylic acids is 2. The molecule has 1 aromatic carbocycles. The number of hydrogen-bond acceptors (Lipinski definition) is 3. The fourth-order valence-corrected chi connectivity index (χ4v) is 2.72. The molecule has 1 radical (unpaired) electrons. The van der Waals surface area contributed by atoms with Crippen molar-refractivity contribution < 1.29 is 50.9 Å². The second-order valence-corrected chi connectivity index (χ2v) is 5.14. The first-order valence-electron chi connectivity index (χ1n) is 7.79. The minimum absolute atomic E-state index is 0. The maximum Gasteiger partial charge on any atom is 0.261 e. The molecule has 3 aromatic rings. The Morgan fingerprint density at radius 3 is 2.04 bits per heavy atom. The summed E-state index contributed by atoms with van der Waals surface area (Å²) in [5.74, 6) is -0.627. The molecule has 0 spiro atoms. The topological polar surface area (TPSA) is 74.7 Å². The summed E-state index contributed by atoms with van der Waals surface area (Å²) >= 11 is 0. The Morgan fingerprint density at radius 2 is 1.48 bits per heavy atom. The zero-order chi connectivity index (χ0) is 17.3. The average molecular weight is 464 g/mol. The summed E-state index contributed by atoms with van der Waals surface area (Å²) in [5, 5.41) is 0. The number of nitrogens with zero attached hydrogens (tertiary/aromatic N) is 2. The molecular formula is C18H17N3O3Pr. The van der Waals surface area contributed by atoms with E-state index < -0.39 is 0 Å². The van der Waals surface area contributed by atoms with Crippen molar-refractivity contribution in [2.75, 3.05) is 0 Å². The van der Waals surface area contributed by atoms with Gasteiger partial charge in [-0.15, -0.1) is 0 Å². The number of aromatic amines is 1. The van der Waals surface area contributed by atoms with E-state index in [2.05, 4.69) is 4.98 Å². The molecule has 7 heteroatoms. The van der Waals surface area contributed by atoms with Crippen molar-refractivity contribution in [3.8, 4) is 0 Å². The number of imide groups is 1. The number of fused-ring (bicyclic) bond motifs is 2. The van der Waals surface area contributed by atoms with Crippen molar-refractivity contribution >= 4 is 17.5 Å². The standard InChI is InChI=1S/C16H11N3O3.C2H6.Pr/c20-14-7-3-6-13-17-10(8-18(13)14)9-19-15(21)11-4-1-2-5-12(11)16(19)22;1-2;/h1-8,17H,9H2;1-2H3;. The molecule has 0 saturated carbocycles. The van der Waals surface area contributed by atoms with E-state index in [0.717, 1.165) is 0 Å². The monoisotopic (exact) mass is 464 g/mol. The maximum atomic E-state index is 12.3. The zero-order valence-corrected chi connectivity index (χ0v) is 17.7. The van der Waals surface area contributed by atoms with Gasteiger partial charge in [0.05, 0.1) is 23.4 Å². The van der Waals surface area contributed by atoms with Crippen molar-refractivity contribution in [1.29, 1.82) is 0 Å². The molecule has 0 aliphatic carbocycles. The van der Waals surface area contributed by atoms with Crippen molar-refractivity contribution in [3.63, 3.8) is 0 Å². The summed E-state index contributed by atoms with van der Waals surface area (Å²) in [6.45, 7) is 4.10. The fourth-order valence-electron chi connectivity index (χ4n) is 2.72. The first-order chi connectivity index (χ1) is 11.6. The molecule has 1 N–H and O–H groups in total. The summed E-state index contributed by atoms with van der Waals surface area (Å²) in [5.41, 5.74) is 1.92. The Kier molecular flexibility index (Phi) is 6.30. The number of benzene rings is 1. The molecule has 1 aliphatic heterocycles. The predicted molar refractivity (Wildman–Crippen MR) is 90.0 cm³/mol. The molecule has 0 fully saturated rings. The molecule has 0 unspecified atom stereocenters. The quantitative estimate of drug-likeness (QED) is 0.593. The van der Waals surface area contributed by atoms with Crippen LogP contribution in [0.25, 0.3) is 5.65 Å². The molecule has 0 bridgehead atoms. The molecule has 25 heavy (non-hydrogen) atoms. The van der Waals surface area contributed by atoms with Crippen LogP contribution in [0.2, 0.25) is 0 Å². The number of carbonyl (C=O) groups is 2. The van der Waals surface area contributed by atoms with Gasteiger partial charge in [0.1, 0.15) is 5.65 Å². The van der Waals surface area contributed by atoms with Crippen LogP contribution in [-0.4, -0.2) is 26.1 Å². The fraction of sp³-hybridized carbons (Fsp3) is 0.167. The largest absolute Gasteiger partial charge is 0.342 e. The van der Waals surface area contributed by atoms with E-state index in [1.54, 1.807) is 42.6 Å². The number of hydrogen-bond donors (Lipinski definition) is 1. The van der Waals surface area contributed by atoms with Crippen LogP contribution in [0.5, 0.6) is 0 Å². The Labute approximate surface area is 177 Å². The summed E-state index contributed by atoms with van der Waals surface area (Å²) in [4.78, 5) is 40.6. The molecule has 4 rings (SSSR count). The van der Waals surface area contributed by atoms with E-state index >= 15 is 0 Å². The maximum absolute atomic E-state index is 12.3. The summed E-state index contributed by atoms with van der Waals surface area (Å²) < 4.78 is 1.45. The van der Waals surface area contributed by atoms with Gasteiger partial charge < -0.3 is 4.98 Å². The van der Waals surface area contributed by atoms with Crippen LogP contribution >= 0.6 is 0 Å². The summed E-state index contributed by atoms with van der Waals surface area (Å²) in [7, 11) is 0. The number of rotatable bonds is 2. The molecule has 3 heterocycles. The number of pyridine rings is 1. The molecular weight excluding hydrogens is 447 g/mol. The third-order valence-electron chi connectivity index (χ3n) is 3.77. The molecule has 2 amide bonds. The van der Waals surface area contributed by atoms with Gasteiger partial charge in [-0.25, -0.2) is 0 Å². The second-order valence-electron chi connectivity index (χ2n) is 5.14. The SMILES string of the molecule is CC.O=C1c2ccccc2C(=O)N1Cc1cn2c(=O)cccc2[nH]1.[Pr]. The molecule has 6 nitrogen and oxygen atoms in total. The van der Waals surface area contributed by atoms with Gasteiger partial charge in [-0.3, -0.25) is 23.7 Å². The van der Waals surface area contributed by atoms with E-state index in [4.69, 9.17) is 0 Å². The van der Waals surface area contributed by atoms with Crippen LogP contribution < -0.4 is 5.56 Å². The van der Waals surface area contributed by atoms with Gasteiger partial charge in [-0.2, -0.15) is 0 Å². The predicted octanol–water partition coefficient (Wildman–Crippen LogP) is 2.45. The van der Waals surface area contributed by atoms with Crippen LogP contribution in [0, 0.1) is 41.3 Å². The number of aromatic nitrogens is 2. The van der Waals surface area contributed by atoms with Crippen LogP contribution in [0.1, 0.15) is 40.3 Å². The number of nitrogens with one attached hydrogen (secondary N) is 1. The first-order valence-corrected chi connectivity index (χ1v) is 7.79. The van der Waals surface area contributed by atoms with Gasteiger partial charge in [0.25, 0.3) is 17.4 Å². The third-order valence-corrected chi connectivity index (χ3v) is 3.77. The number of imidazole rings is 1. The van der Waals surface area contributed by atoms with Crippen LogP contribution in [-0.2, 0) is 6.54 Å². The molecule has 0 atom stereocenters. The van der Waals surface area contributed by atoms with Crippen molar-refractivity contribution in [1.82, 2.24) is 14.3 Å². The third kappa shape index (κ3) is 3.46. The Morgan fingerprint density at radius 1 is 0.880 bits per heavy atom. The van der Waals surface area contributed by atoms with E-state index in [1.165, 1.54) is 15.4 Å². The van der Waals surface area contributed by atoms with E-state index in [0.29, 0.717) is 22.5 Å². The van der Waals surface area contributed by atoms with E-state index in [-0.39, 0.29) is 65.2 Å². The van der Waals surface area contributed by atoms with Crippen molar-refractivity contribution in [3.05, 3.63) is 75.8 Å². The van der Waals surface area contributed by atoms with E-state index in [9.17, 15) is 14.4 Å². The van der Waals surface area contributed by atoms with Gasteiger partial charge in [-0.05, 0) is 18.2 Å². The molecule has 2 aromatic heterocycles. The summed E-state index contributed by atoms with van der Waals surface area (Å²) in [6.07, 6.45) is 1.61. The number of H-pyrrole nitrogens is 1. The molecule has 125 valence electrons. The van der Waals surface area contributed by atoms with Crippen molar-refractivity contribution in [2.45, 2.75) is 20.4 Å². The van der Waals surface area contributed by atoms with E-state index in [1.807, 2.05) is 13.8 Å². The first kappa shape index (κ1) is 19.5. The van der Waals surface area contributed by atoms with Gasteiger partial charge in [0.15, 0.2) is 0 Å². The van der Waals surface area contributed by atoms with Gasteiger partial charge in [-0.1, -0.05) is 32.0 Å².